The van der Waals surface area contributed by atoms with Crippen LogP contribution in [0.25, 0.3) is 0 Å². The molecule has 1 amide bonds. The molecule has 0 aromatic carbocycles. The lowest BCUT2D eigenvalue weighted by atomic mass is 10.1. The van der Waals surface area contributed by atoms with Gasteiger partial charge < -0.3 is 29.7 Å². The minimum atomic E-state index is 0.0169. The molecule has 1 saturated heterocycles. The van der Waals surface area contributed by atoms with Crippen LogP contribution in [0.2, 0.25) is 0 Å². The summed E-state index contributed by atoms with van der Waals surface area (Å²) in [5, 5.41) is 6.33. The summed E-state index contributed by atoms with van der Waals surface area (Å²) >= 11 is 0. The Morgan fingerprint density at radius 3 is 2.04 bits per heavy atom. The Balaban J connectivity index is 0.00000352. The highest BCUT2D eigenvalue weighted by Gasteiger charge is 2.17. The first kappa shape index (κ1) is 27.3. The summed E-state index contributed by atoms with van der Waals surface area (Å²) in [5.41, 5.74) is 0. The number of piperidine rings is 1. The molecule has 0 spiro atoms. The summed E-state index contributed by atoms with van der Waals surface area (Å²) in [6.07, 6.45) is 2.47. The molecule has 1 fully saturated rings. The summed E-state index contributed by atoms with van der Waals surface area (Å²) in [5.74, 6) is 0.0761. The second kappa shape index (κ2) is 19.6. The van der Waals surface area contributed by atoms with E-state index >= 15 is 0 Å². The lowest BCUT2D eigenvalue weighted by Gasteiger charge is -2.32. The predicted molar refractivity (Wildman–Crippen MR) is 115 cm³/mol. The fourth-order valence-electron chi connectivity index (χ4n) is 2.84. The monoisotopic (exact) mass is 403 g/mol. The van der Waals surface area contributed by atoms with Crippen molar-refractivity contribution in [1.82, 2.24) is 15.5 Å². The third-order valence-corrected chi connectivity index (χ3v) is 4.45. The molecule has 168 valence electrons. The van der Waals surface area contributed by atoms with Crippen molar-refractivity contribution in [2.75, 3.05) is 72.4 Å². The number of likely N-dealkylation sites (tertiary alicyclic amines) is 1. The minimum absolute atomic E-state index is 0.0169. The lowest BCUT2D eigenvalue weighted by Crippen LogP contribution is -2.43. The molecule has 1 aliphatic rings. The SMILES string of the molecule is CC.CCNC1CCN(CCOCCOCCOCCNC(=O)C(C)C)CC1. The van der Waals surface area contributed by atoms with Crippen LogP contribution in [-0.2, 0) is 19.0 Å². The first-order valence-corrected chi connectivity index (χ1v) is 11.1. The summed E-state index contributed by atoms with van der Waals surface area (Å²) in [6, 6.07) is 0.694. The largest absolute Gasteiger partial charge is 0.378 e. The molecule has 0 saturated carbocycles. The van der Waals surface area contributed by atoms with Gasteiger partial charge in [0.2, 0.25) is 5.91 Å². The van der Waals surface area contributed by atoms with Crippen molar-refractivity contribution in [2.24, 2.45) is 5.92 Å². The summed E-state index contributed by atoms with van der Waals surface area (Å²) in [4.78, 5) is 13.8. The van der Waals surface area contributed by atoms with Crippen LogP contribution in [0, 0.1) is 5.92 Å². The highest BCUT2D eigenvalue weighted by Crippen LogP contribution is 2.09. The molecule has 2 N–H and O–H groups in total. The van der Waals surface area contributed by atoms with Gasteiger partial charge in [-0.2, -0.15) is 0 Å². The van der Waals surface area contributed by atoms with E-state index in [1.54, 1.807) is 0 Å². The molecule has 0 aromatic rings. The number of nitrogens with zero attached hydrogens (tertiary/aromatic N) is 1. The van der Waals surface area contributed by atoms with Crippen molar-refractivity contribution in [3.63, 3.8) is 0 Å². The molecule has 1 heterocycles. The number of nitrogens with one attached hydrogen (secondary N) is 2. The van der Waals surface area contributed by atoms with Crippen LogP contribution < -0.4 is 10.6 Å². The molecule has 0 bridgehead atoms. The maximum atomic E-state index is 11.3. The van der Waals surface area contributed by atoms with Crippen molar-refractivity contribution in [1.29, 1.82) is 0 Å². The Morgan fingerprint density at radius 1 is 0.964 bits per heavy atom. The van der Waals surface area contributed by atoms with Crippen LogP contribution in [0.4, 0.5) is 0 Å². The maximum absolute atomic E-state index is 11.3. The maximum Gasteiger partial charge on any atom is 0.222 e. The number of amides is 1. The number of hydrogen-bond donors (Lipinski definition) is 2. The third-order valence-electron chi connectivity index (χ3n) is 4.45. The van der Waals surface area contributed by atoms with E-state index < -0.39 is 0 Å². The van der Waals surface area contributed by atoms with E-state index in [1.165, 1.54) is 12.8 Å². The zero-order valence-corrected chi connectivity index (χ0v) is 18.9. The number of rotatable bonds is 15. The molecule has 1 rings (SSSR count). The van der Waals surface area contributed by atoms with Crippen molar-refractivity contribution >= 4 is 5.91 Å². The van der Waals surface area contributed by atoms with E-state index in [2.05, 4.69) is 22.5 Å². The van der Waals surface area contributed by atoms with Gasteiger partial charge in [0.25, 0.3) is 0 Å². The first-order valence-electron chi connectivity index (χ1n) is 11.1. The molecular formula is C21H45N3O4. The summed E-state index contributed by atoms with van der Waals surface area (Å²) in [7, 11) is 0. The average Bonchev–Trinajstić information content (AvgIpc) is 2.71. The summed E-state index contributed by atoms with van der Waals surface area (Å²) < 4.78 is 16.5. The quantitative estimate of drug-likeness (QED) is 0.407. The molecule has 7 nitrogen and oxygen atoms in total. The molecule has 0 unspecified atom stereocenters. The van der Waals surface area contributed by atoms with Crippen molar-refractivity contribution in [3.8, 4) is 0 Å². The predicted octanol–water partition coefficient (Wildman–Crippen LogP) is 1.91. The highest BCUT2D eigenvalue weighted by atomic mass is 16.5. The zero-order chi connectivity index (χ0) is 21.0. The van der Waals surface area contributed by atoms with Crippen molar-refractivity contribution in [2.45, 2.75) is 53.5 Å². The normalized spacial score (nSPS) is 15.4. The van der Waals surface area contributed by atoms with Gasteiger partial charge in [-0.25, -0.2) is 0 Å². The van der Waals surface area contributed by atoms with E-state index in [0.717, 1.165) is 32.8 Å². The fourth-order valence-corrected chi connectivity index (χ4v) is 2.84. The van der Waals surface area contributed by atoms with Crippen LogP contribution in [0.3, 0.4) is 0 Å². The molecule has 0 atom stereocenters. The van der Waals surface area contributed by atoms with Gasteiger partial charge in [-0.05, 0) is 32.5 Å². The van der Waals surface area contributed by atoms with Crippen molar-refractivity contribution < 1.29 is 19.0 Å². The minimum Gasteiger partial charge on any atom is -0.378 e. The van der Waals surface area contributed by atoms with E-state index in [4.69, 9.17) is 14.2 Å². The number of carbonyl (C=O) groups excluding carboxylic acids is 1. The second-order valence-corrected chi connectivity index (χ2v) is 6.96. The number of hydrogen-bond acceptors (Lipinski definition) is 6. The molecular weight excluding hydrogens is 358 g/mol. The van der Waals surface area contributed by atoms with Gasteiger partial charge in [0.1, 0.15) is 0 Å². The number of carbonyl (C=O) groups is 1. The smallest absolute Gasteiger partial charge is 0.222 e. The Labute approximate surface area is 172 Å². The third kappa shape index (κ3) is 15.2. The van der Waals surface area contributed by atoms with E-state index in [-0.39, 0.29) is 11.8 Å². The van der Waals surface area contributed by atoms with E-state index in [9.17, 15) is 4.79 Å². The number of ether oxygens (including phenoxy) is 3. The van der Waals surface area contributed by atoms with Crippen LogP contribution in [-0.4, -0.2) is 89.2 Å². The lowest BCUT2D eigenvalue weighted by molar-refractivity contribution is -0.124. The van der Waals surface area contributed by atoms with Gasteiger partial charge in [-0.3, -0.25) is 4.79 Å². The highest BCUT2D eigenvalue weighted by molar-refractivity contribution is 5.77. The Hall–Kier alpha value is -0.730. The van der Waals surface area contributed by atoms with E-state index in [1.807, 2.05) is 27.7 Å². The molecule has 0 aliphatic carbocycles. The average molecular weight is 404 g/mol. The van der Waals surface area contributed by atoms with Gasteiger partial charge in [0.15, 0.2) is 0 Å². The van der Waals surface area contributed by atoms with Gasteiger partial charge in [-0.15, -0.1) is 0 Å². The standard InChI is InChI=1S/C19H39N3O4.C2H6/c1-4-20-18-5-8-22(9-6-18)10-12-25-14-16-26-15-13-24-11-7-21-19(23)17(2)3;1-2/h17-18,20H,4-16H2,1-3H3,(H,21,23);1-2H3. The van der Waals surface area contributed by atoms with Crippen LogP contribution in [0.1, 0.15) is 47.5 Å². The van der Waals surface area contributed by atoms with Crippen LogP contribution in [0.15, 0.2) is 0 Å². The van der Waals surface area contributed by atoms with Gasteiger partial charge in [-0.1, -0.05) is 34.6 Å². The van der Waals surface area contributed by atoms with E-state index in [0.29, 0.717) is 45.6 Å². The Kier molecular flexibility index (Phi) is 19.1. The topological polar surface area (TPSA) is 72.1 Å². The summed E-state index contributed by atoms with van der Waals surface area (Å²) in [6.45, 7) is 18.4. The fraction of sp³-hybridized carbons (Fsp3) is 0.952. The Bertz CT molecular complexity index is 349. The first-order chi connectivity index (χ1) is 13.6. The molecule has 28 heavy (non-hydrogen) atoms. The molecule has 0 radical (unpaired) electrons. The van der Waals surface area contributed by atoms with Crippen LogP contribution in [0.5, 0.6) is 0 Å². The van der Waals surface area contributed by atoms with Crippen LogP contribution >= 0.6 is 0 Å². The molecule has 0 aromatic heterocycles. The van der Waals surface area contributed by atoms with Gasteiger partial charge in [0, 0.05) is 25.0 Å². The second-order valence-electron chi connectivity index (χ2n) is 6.96. The Morgan fingerprint density at radius 2 is 1.50 bits per heavy atom. The molecule has 7 heteroatoms. The van der Waals surface area contributed by atoms with Gasteiger partial charge in [0.05, 0.1) is 39.6 Å². The molecule has 1 aliphatic heterocycles. The van der Waals surface area contributed by atoms with Gasteiger partial charge >= 0.3 is 0 Å². The van der Waals surface area contributed by atoms with Crippen molar-refractivity contribution in [3.05, 3.63) is 0 Å². The zero-order valence-electron chi connectivity index (χ0n) is 18.9.